The smallest absolute Gasteiger partial charge is 0.407 e. The lowest BCUT2D eigenvalue weighted by molar-refractivity contribution is 0.0508. The Hall–Kier alpha value is -0.380. The Balaban J connectivity index is 2.28. The number of ether oxygens (including phenoxy) is 1. The second-order valence-electron chi connectivity index (χ2n) is 5.47. The number of carbonyl (C=O) groups is 1. The molecule has 1 atom stereocenters. The molecule has 1 fully saturated rings. The van der Waals surface area contributed by atoms with E-state index in [1.807, 2.05) is 32.5 Å². The van der Waals surface area contributed by atoms with E-state index in [0.29, 0.717) is 0 Å². The zero-order valence-corrected chi connectivity index (χ0v) is 10.9. The Bertz CT molecular complexity index is 229. The fourth-order valence-corrected chi connectivity index (χ4v) is 2.97. The van der Waals surface area contributed by atoms with Crippen LogP contribution >= 0.6 is 11.8 Å². The fourth-order valence-electron chi connectivity index (χ4n) is 1.45. The van der Waals surface area contributed by atoms with E-state index in [-0.39, 0.29) is 11.5 Å². The molecule has 1 aliphatic heterocycles. The number of hydrogen-bond acceptors (Lipinski definition) is 3. The van der Waals surface area contributed by atoms with Crippen LogP contribution in [0.2, 0.25) is 0 Å². The van der Waals surface area contributed by atoms with E-state index in [9.17, 15) is 4.79 Å². The van der Waals surface area contributed by atoms with Gasteiger partial charge in [0.2, 0.25) is 0 Å². The summed E-state index contributed by atoms with van der Waals surface area (Å²) < 4.78 is 5.19. The number of nitrogens with one attached hydrogen (secondary N) is 1. The minimum Gasteiger partial charge on any atom is -0.444 e. The van der Waals surface area contributed by atoms with Crippen LogP contribution in [0.25, 0.3) is 0 Å². The SMILES string of the molecule is CC1(CNC(=O)OC(C)(C)C)CCSC1. The van der Waals surface area contributed by atoms with Gasteiger partial charge in [-0.25, -0.2) is 4.79 Å². The molecule has 0 aliphatic carbocycles. The first-order chi connectivity index (χ1) is 6.81. The molecule has 0 aromatic heterocycles. The zero-order valence-electron chi connectivity index (χ0n) is 10.1. The molecule has 15 heavy (non-hydrogen) atoms. The van der Waals surface area contributed by atoms with Crippen LogP contribution in [0.4, 0.5) is 4.79 Å². The van der Waals surface area contributed by atoms with E-state index in [1.165, 1.54) is 12.2 Å². The number of amides is 1. The van der Waals surface area contributed by atoms with Crippen molar-refractivity contribution < 1.29 is 9.53 Å². The normalized spacial score (nSPS) is 26.4. The molecule has 1 saturated heterocycles. The van der Waals surface area contributed by atoms with Crippen molar-refractivity contribution in [3.05, 3.63) is 0 Å². The predicted octanol–water partition coefficient (Wildman–Crippen LogP) is 2.65. The molecule has 0 aromatic rings. The van der Waals surface area contributed by atoms with Crippen LogP contribution in [0.3, 0.4) is 0 Å². The van der Waals surface area contributed by atoms with Gasteiger partial charge in [0.05, 0.1) is 0 Å². The Morgan fingerprint density at radius 1 is 1.53 bits per heavy atom. The average Bonchev–Trinajstić information content (AvgIpc) is 2.47. The first-order valence-electron chi connectivity index (χ1n) is 5.35. The van der Waals surface area contributed by atoms with Gasteiger partial charge in [-0.2, -0.15) is 11.8 Å². The summed E-state index contributed by atoms with van der Waals surface area (Å²) in [4.78, 5) is 11.4. The molecule has 88 valence electrons. The maximum Gasteiger partial charge on any atom is 0.407 e. The highest BCUT2D eigenvalue weighted by Crippen LogP contribution is 2.34. The molecule has 0 aromatic carbocycles. The van der Waals surface area contributed by atoms with E-state index < -0.39 is 5.60 Å². The van der Waals surface area contributed by atoms with Crippen LogP contribution < -0.4 is 5.32 Å². The van der Waals surface area contributed by atoms with Gasteiger partial charge < -0.3 is 10.1 Å². The number of alkyl carbamates (subject to hydrolysis) is 1. The molecule has 1 unspecified atom stereocenters. The highest BCUT2D eigenvalue weighted by atomic mass is 32.2. The van der Waals surface area contributed by atoms with Gasteiger partial charge >= 0.3 is 6.09 Å². The zero-order chi connectivity index (χ0) is 11.5. The van der Waals surface area contributed by atoms with Gasteiger partial charge in [0, 0.05) is 12.3 Å². The van der Waals surface area contributed by atoms with E-state index >= 15 is 0 Å². The van der Waals surface area contributed by atoms with Crippen molar-refractivity contribution in [3.63, 3.8) is 0 Å². The summed E-state index contributed by atoms with van der Waals surface area (Å²) in [6.45, 7) is 8.55. The molecule has 0 saturated carbocycles. The third-order valence-corrected chi connectivity index (χ3v) is 3.75. The summed E-state index contributed by atoms with van der Waals surface area (Å²) in [6, 6.07) is 0. The van der Waals surface area contributed by atoms with Crippen molar-refractivity contribution in [1.29, 1.82) is 0 Å². The first-order valence-corrected chi connectivity index (χ1v) is 6.51. The van der Waals surface area contributed by atoms with Gasteiger partial charge in [-0.3, -0.25) is 0 Å². The lowest BCUT2D eigenvalue weighted by Gasteiger charge is -2.25. The number of carbonyl (C=O) groups excluding carboxylic acids is 1. The molecular formula is C11H21NO2S. The lowest BCUT2D eigenvalue weighted by Crippen LogP contribution is -2.39. The lowest BCUT2D eigenvalue weighted by atomic mass is 9.90. The van der Waals surface area contributed by atoms with Gasteiger partial charge in [0.25, 0.3) is 0 Å². The maximum atomic E-state index is 11.4. The van der Waals surface area contributed by atoms with E-state index in [4.69, 9.17) is 4.74 Å². The van der Waals surface area contributed by atoms with Gasteiger partial charge in [-0.05, 0) is 38.4 Å². The Labute approximate surface area is 96.3 Å². The van der Waals surface area contributed by atoms with Crippen LogP contribution in [-0.2, 0) is 4.74 Å². The van der Waals surface area contributed by atoms with Crippen molar-refractivity contribution in [2.24, 2.45) is 5.41 Å². The highest BCUT2D eigenvalue weighted by Gasteiger charge is 2.30. The number of hydrogen-bond donors (Lipinski definition) is 1. The highest BCUT2D eigenvalue weighted by molar-refractivity contribution is 7.99. The van der Waals surface area contributed by atoms with Crippen molar-refractivity contribution in [3.8, 4) is 0 Å². The van der Waals surface area contributed by atoms with Gasteiger partial charge in [-0.1, -0.05) is 6.92 Å². The summed E-state index contributed by atoms with van der Waals surface area (Å²) in [6.07, 6.45) is 0.869. The third-order valence-electron chi connectivity index (χ3n) is 2.36. The second kappa shape index (κ2) is 4.64. The molecule has 1 aliphatic rings. The van der Waals surface area contributed by atoms with Crippen LogP contribution in [0.1, 0.15) is 34.1 Å². The summed E-state index contributed by atoms with van der Waals surface area (Å²) in [5.74, 6) is 2.33. The van der Waals surface area contributed by atoms with E-state index in [1.54, 1.807) is 0 Å². The Morgan fingerprint density at radius 2 is 2.20 bits per heavy atom. The minimum atomic E-state index is -0.407. The molecule has 4 heteroatoms. The molecule has 1 rings (SSSR count). The quantitative estimate of drug-likeness (QED) is 0.794. The number of thioether (sulfide) groups is 1. The molecule has 3 nitrogen and oxygen atoms in total. The van der Waals surface area contributed by atoms with Crippen molar-refractivity contribution >= 4 is 17.9 Å². The average molecular weight is 231 g/mol. The third kappa shape index (κ3) is 4.78. The Kier molecular flexibility index (Phi) is 3.93. The fraction of sp³-hybridized carbons (Fsp3) is 0.909. The topological polar surface area (TPSA) is 38.3 Å². The molecule has 1 amide bonds. The van der Waals surface area contributed by atoms with Gasteiger partial charge in [-0.15, -0.1) is 0 Å². The van der Waals surface area contributed by atoms with E-state index in [0.717, 1.165) is 12.3 Å². The monoisotopic (exact) mass is 231 g/mol. The molecule has 0 bridgehead atoms. The van der Waals surface area contributed by atoms with Gasteiger partial charge in [0.1, 0.15) is 5.60 Å². The molecular weight excluding hydrogens is 210 g/mol. The second-order valence-corrected chi connectivity index (χ2v) is 6.57. The standard InChI is InChI=1S/C11H21NO2S/c1-10(2,3)14-9(13)12-7-11(4)5-6-15-8-11/h5-8H2,1-4H3,(H,12,13). The summed E-state index contributed by atoms with van der Waals surface area (Å²) in [5, 5.41) is 2.85. The molecule has 1 heterocycles. The van der Waals surface area contributed by atoms with Crippen LogP contribution in [0.15, 0.2) is 0 Å². The van der Waals surface area contributed by atoms with Gasteiger partial charge in [0.15, 0.2) is 0 Å². The molecule has 0 spiro atoms. The van der Waals surface area contributed by atoms with Crippen LogP contribution in [-0.4, -0.2) is 29.7 Å². The molecule has 1 N–H and O–H groups in total. The van der Waals surface area contributed by atoms with Crippen molar-refractivity contribution in [2.45, 2.75) is 39.7 Å². The van der Waals surface area contributed by atoms with Crippen molar-refractivity contribution in [2.75, 3.05) is 18.1 Å². The minimum absolute atomic E-state index is 0.252. The van der Waals surface area contributed by atoms with Crippen molar-refractivity contribution in [1.82, 2.24) is 5.32 Å². The predicted molar refractivity (Wildman–Crippen MR) is 64.3 cm³/mol. The van der Waals surface area contributed by atoms with Crippen LogP contribution in [0, 0.1) is 5.41 Å². The van der Waals surface area contributed by atoms with E-state index in [2.05, 4.69) is 12.2 Å². The molecule has 0 radical (unpaired) electrons. The number of rotatable bonds is 2. The summed E-state index contributed by atoms with van der Waals surface area (Å²) in [5.41, 5.74) is -0.156. The first kappa shape index (κ1) is 12.7. The largest absolute Gasteiger partial charge is 0.444 e. The maximum absolute atomic E-state index is 11.4. The summed E-state index contributed by atoms with van der Waals surface area (Å²) in [7, 11) is 0. The van der Waals surface area contributed by atoms with Crippen LogP contribution in [0.5, 0.6) is 0 Å². The summed E-state index contributed by atoms with van der Waals surface area (Å²) >= 11 is 1.95. The Morgan fingerprint density at radius 3 is 2.67 bits per heavy atom.